The van der Waals surface area contributed by atoms with Gasteiger partial charge in [-0.2, -0.15) is 0 Å². The first-order valence-electron chi connectivity index (χ1n) is 8.48. The molecule has 0 radical (unpaired) electrons. The first-order chi connectivity index (χ1) is 12.3. The van der Waals surface area contributed by atoms with Gasteiger partial charge in [0.2, 0.25) is 15.9 Å². The molecular weight excluding hydrogens is 372 g/mol. The van der Waals surface area contributed by atoms with Crippen LogP contribution in [0.2, 0.25) is 5.02 Å². The van der Waals surface area contributed by atoms with E-state index in [2.05, 4.69) is 5.32 Å². The molecule has 1 heterocycles. The average molecular weight is 393 g/mol. The molecule has 2 aromatic carbocycles. The molecule has 7 heteroatoms. The molecule has 0 saturated heterocycles. The molecule has 0 aromatic heterocycles. The van der Waals surface area contributed by atoms with E-state index >= 15 is 0 Å². The number of hydrogen-bond donors (Lipinski definition) is 1. The number of carbonyl (C=O) groups is 1. The van der Waals surface area contributed by atoms with E-state index in [1.807, 2.05) is 30.3 Å². The van der Waals surface area contributed by atoms with Crippen molar-refractivity contribution >= 4 is 38.9 Å². The highest BCUT2D eigenvalue weighted by atomic mass is 35.5. The Balaban J connectivity index is 1.54. The molecule has 138 valence electrons. The Morgan fingerprint density at radius 3 is 2.62 bits per heavy atom. The number of halogens is 1. The van der Waals surface area contributed by atoms with E-state index < -0.39 is 10.0 Å². The van der Waals surface area contributed by atoms with E-state index in [1.165, 1.54) is 10.6 Å². The van der Waals surface area contributed by atoms with Gasteiger partial charge in [-0.3, -0.25) is 9.10 Å². The summed E-state index contributed by atoms with van der Waals surface area (Å²) >= 11 is 5.86. The molecule has 1 aliphatic rings. The predicted octanol–water partition coefficient (Wildman–Crippen LogP) is 3.62. The van der Waals surface area contributed by atoms with Crippen LogP contribution in [0.1, 0.15) is 24.0 Å². The van der Waals surface area contributed by atoms with Gasteiger partial charge in [-0.25, -0.2) is 8.42 Å². The Bertz CT molecular complexity index is 911. The summed E-state index contributed by atoms with van der Waals surface area (Å²) in [6.07, 6.45) is 3.86. The predicted molar refractivity (Wildman–Crippen MR) is 105 cm³/mol. The fraction of sp³-hybridized carbons (Fsp3) is 0.316. The number of benzene rings is 2. The van der Waals surface area contributed by atoms with Crippen LogP contribution in [0, 0.1) is 0 Å². The zero-order valence-corrected chi connectivity index (χ0v) is 16.1. The van der Waals surface area contributed by atoms with Crippen LogP contribution in [-0.2, 0) is 27.7 Å². The van der Waals surface area contributed by atoms with Crippen LogP contribution in [0.5, 0.6) is 0 Å². The van der Waals surface area contributed by atoms with Crippen molar-refractivity contribution in [3.63, 3.8) is 0 Å². The first kappa shape index (κ1) is 18.7. The molecule has 5 nitrogen and oxygen atoms in total. The molecule has 0 spiro atoms. The maximum Gasteiger partial charge on any atom is 0.232 e. The SMILES string of the molecule is CS(=O)(=O)N1CCc2cc(NC(=O)CCCc3ccc(Cl)cc3)ccc21. The Morgan fingerprint density at radius 1 is 1.19 bits per heavy atom. The van der Waals surface area contributed by atoms with Crippen molar-refractivity contribution in [3.05, 3.63) is 58.6 Å². The van der Waals surface area contributed by atoms with Crippen molar-refractivity contribution in [1.82, 2.24) is 0 Å². The number of fused-ring (bicyclic) bond motifs is 1. The van der Waals surface area contributed by atoms with E-state index in [0.29, 0.717) is 35.8 Å². The molecule has 0 saturated carbocycles. The van der Waals surface area contributed by atoms with E-state index in [9.17, 15) is 13.2 Å². The lowest BCUT2D eigenvalue weighted by molar-refractivity contribution is -0.116. The third-order valence-electron chi connectivity index (χ3n) is 4.40. The van der Waals surface area contributed by atoms with Gasteiger partial charge < -0.3 is 5.32 Å². The Labute approximate surface area is 159 Å². The second-order valence-electron chi connectivity index (χ2n) is 6.46. The maximum absolute atomic E-state index is 12.1. The number of sulfonamides is 1. The number of amides is 1. The van der Waals surface area contributed by atoms with Crippen LogP contribution in [0.25, 0.3) is 0 Å². The molecular formula is C19H21ClN2O3S. The van der Waals surface area contributed by atoms with Crippen LogP contribution in [0.4, 0.5) is 11.4 Å². The fourth-order valence-corrected chi connectivity index (χ4v) is 4.21. The number of hydrogen-bond acceptors (Lipinski definition) is 3. The lowest BCUT2D eigenvalue weighted by Crippen LogP contribution is -2.27. The minimum atomic E-state index is -3.26. The first-order valence-corrected chi connectivity index (χ1v) is 10.7. The van der Waals surface area contributed by atoms with Gasteiger partial charge in [0.1, 0.15) is 0 Å². The summed E-state index contributed by atoms with van der Waals surface area (Å²) in [4.78, 5) is 12.1. The minimum Gasteiger partial charge on any atom is -0.326 e. The lowest BCUT2D eigenvalue weighted by Gasteiger charge is -2.16. The number of anilines is 2. The average Bonchev–Trinajstić information content (AvgIpc) is 3.00. The number of carbonyl (C=O) groups excluding carboxylic acids is 1. The highest BCUT2D eigenvalue weighted by molar-refractivity contribution is 7.92. The van der Waals surface area contributed by atoms with E-state index in [4.69, 9.17) is 11.6 Å². The molecule has 0 aliphatic carbocycles. The summed E-state index contributed by atoms with van der Waals surface area (Å²) in [6.45, 7) is 0.451. The van der Waals surface area contributed by atoms with Gasteiger partial charge in [0.05, 0.1) is 11.9 Å². The molecule has 1 amide bonds. The van der Waals surface area contributed by atoms with Crippen molar-refractivity contribution in [2.45, 2.75) is 25.7 Å². The van der Waals surface area contributed by atoms with Crippen LogP contribution in [0.15, 0.2) is 42.5 Å². The lowest BCUT2D eigenvalue weighted by atomic mass is 10.1. The summed E-state index contributed by atoms with van der Waals surface area (Å²) in [6, 6.07) is 13.0. The quantitative estimate of drug-likeness (QED) is 0.816. The van der Waals surface area contributed by atoms with Crippen LogP contribution in [-0.4, -0.2) is 27.1 Å². The summed E-state index contributed by atoms with van der Waals surface area (Å²) in [5.41, 5.74) is 3.50. The van der Waals surface area contributed by atoms with Gasteiger partial charge in [-0.1, -0.05) is 23.7 Å². The standard InChI is InChI=1S/C19H21ClN2O3S/c1-26(24,25)22-12-11-15-13-17(9-10-18(15)22)21-19(23)4-2-3-14-5-7-16(20)8-6-14/h5-10,13H,2-4,11-12H2,1H3,(H,21,23). The molecule has 1 N–H and O–H groups in total. The van der Waals surface area contributed by atoms with Gasteiger partial charge in [0.15, 0.2) is 0 Å². The smallest absolute Gasteiger partial charge is 0.232 e. The topological polar surface area (TPSA) is 66.5 Å². The van der Waals surface area contributed by atoms with Crippen molar-refractivity contribution < 1.29 is 13.2 Å². The Kier molecular flexibility index (Phi) is 5.53. The number of rotatable bonds is 6. The number of nitrogens with one attached hydrogen (secondary N) is 1. The molecule has 0 bridgehead atoms. The molecule has 0 atom stereocenters. The summed E-state index contributed by atoms with van der Waals surface area (Å²) < 4.78 is 24.9. The van der Waals surface area contributed by atoms with Gasteiger partial charge in [0.25, 0.3) is 0 Å². The van der Waals surface area contributed by atoms with E-state index in [1.54, 1.807) is 12.1 Å². The summed E-state index contributed by atoms with van der Waals surface area (Å²) in [5.74, 6) is -0.0446. The minimum absolute atomic E-state index is 0.0446. The molecule has 0 unspecified atom stereocenters. The number of nitrogens with zero attached hydrogens (tertiary/aromatic N) is 1. The fourth-order valence-electron chi connectivity index (χ4n) is 3.12. The monoisotopic (exact) mass is 392 g/mol. The van der Waals surface area contributed by atoms with Crippen LogP contribution < -0.4 is 9.62 Å². The van der Waals surface area contributed by atoms with Crippen molar-refractivity contribution in [2.75, 3.05) is 22.4 Å². The van der Waals surface area contributed by atoms with Gasteiger partial charge in [-0.15, -0.1) is 0 Å². The van der Waals surface area contributed by atoms with Gasteiger partial charge >= 0.3 is 0 Å². The zero-order chi connectivity index (χ0) is 18.7. The molecule has 0 fully saturated rings. The second kappa shape index (κ2) is 7.68. The molecule has 2 aromatic rings. The van der Waals surface area contributed by atoms with E-state index in [0.717, 1.165) is 24.0 Å². The van der Waals surface area contributed by atoms with Crippen molar-refractivity contribution in [3.8, 4) is 0 Å². The number of aryl methyl sites for hydroxylation is 1. The molecule has 1 aliphatic heterocycles. The highest BCUT2D eigenvalue weighted by Crippen LogP contribution is 2.32. The summed E-state index contributed by atoms with van der Waals surface area (Å²) in [5, 5.41) is 3.60. The van der Waals surface area contributed by atoms with Crippen molar-refractivity contribution in [1.29, 1.82) is 0 Å². The summed E-state index contributed by atoms with van der Waals surface area (Å²) in [7, 11) is -3.26. The van der Waals surface area contributed by atoms with Crippen LogP contribution >= 0.6 is 11.6 Å². The van der Waals surface area contributed by atoms with Gasteiger partial charge in [-0.05, 0) is 60.7 Å². The highest BCUT2D eigenvalue weighted by Gasteiger charge is 2.26. The molecule has 26 heavy (non-hydrogen) atoms. The Hall–Kier alpha value is -2.05. The third kappa shape index (κ3) is 4.56. The third-order valence-corrected chi connectivity index (χ3v) is 5.83. The van der Waals surface area contributed by atoms with Crippen molar-refractivity contribution in [2.24, 2.45) is 0 Å². The van der Waals surface area contributed by atoms with Crippen LogP contribution in [0.3, 0.4) is 0 Å². The van der Waals surface area contributed by atoms with Gasteiger partial charge in [0, 0.05) is 23.7 Å². The zero-order valence-electron chi connectivity index (χ0n) is 14.5. The maximum atomic E-state index is 12.1. The normalized spacial score (nSPS) is 13.5. The second-order valence-corrected chi connectivity index (χ2v) is 8.80. The molecule has 3 rings (SSSR count). The largest absolute Gasteiger partial charge is 0.326 e. The van der Waals surface area contributed by atoms with E-state index in [-0.39, 0.29) is 5.91 Å². The Morgan fingerprint density at radius 2 is 1.92 bits per heavy atom.